The topological polar surface area (TPSA) is 15.6 Å². The Bertz CT molecular complexity index is 803. The van der Waals surface area contributed by atoms with E-state index in [1.54, 1.807) is 0 Å². The van der Waals surface area contributed by atoms with Crippen LogP contribution in [0.25, 0.3) is 6.08 Å². The highest BCUT2D eigenvalue weighted by atomic mass is 15.1. The Hall–Kier alpha value is -2.61. The van der Waals surface area contributed by atoms with E-state index >= 15 is 0 Å². The lowest BCUT2D eigenvalue weighted by Gasteiger charge is -2.35. The van der Waals surface area contributed by atoms with Gasteiger partial charge in [0.05, 0.1) is 0 Å². The fourth-order valence-electron chi connectivity index (χ4n) is 3.70. The molecule has 1 saturated heterocycles. The largest absolute Gasteiger partial charge is 0.371 e. The molecule has 1 unspecified atom stereocenters. The molecule has 1 heterocycles. The van der Waals surface area contributed by atoms with Crippen molar-refractivity contribution in [3.05, 3.63) is 89.8 Å². The van der Waals surface area contributed by atoms with Gasteiger partial charge in [0.1, 0.15) is 0 Å². The van der Waals surface area contributed by atoms with Crippen LogP contribution in [0.5, 0.6) is 0 Å². The molecule has 1 aliphatic rings. The molecule has 0 aliphatic carbocycles. The molecular formula is C26H34N2. The summed E-state index contributed by atoms with van der Waals surface area (Å²) in [4.78, 5) is 7.52. The molecule has 2 heteroatoms. The highest BCUT2D eigenvalue weighted by Crippen LogP contribution is 2.30. The van der Waals surface area contributed by atoms with Crippen LogP contribution in [0.15, 0.2) is 83.7 Å². The number of aliphatic imine (C=N–C) groups is 1. The first-order valence-electron chi connectivity index (χ1n) is 10.2. The highest BCUT2D eigenvalue weighted by molar-refractivity contribution is 5.99. The van der Waals surface area contributed by atoms with E-state index in [1.165, 1.54) is 11.3 Å². The van der Waals surface area contributed by atoms with Gasteiger partial charge in [0, 0.05) is 36.1 Å². The van der Waals surface area contributed by atoms with E-state index in [0.29, 0.717) is 5.92 Å². The van der Waals surface area contributed by atoms with Crippen molar-refractivity contribution in [1.82, 2.24) is 4.90 Å². The first kappa shape index (κ1) is 21.7. The first-order valence-corrected chi connectivity index (χ1v) is 10.2. The van der Waals surface area contributed by atoms with Gasteiger partial charge in [-0.1, -0.05) is 61.7 Å². The zero-order valence-electron chi connectivity index (χ0n) is 17.9. The smallest absolute Gasteiger partial charge is 0.0484 e. The van der Waals surface area contributed by atoms with Gasteiger partial charge in [0.15, 0.2) is 0 Å². The van der Waals surface area contributed by atoms with Crippen LogP contribution in [0.3, 0.4) is 0 Å². The van der Waals surface area contributed by atoms with Gasteiger partial charge in [0.25, 0.3) is 0 Å². The van der Waals surface area contributed by atoms with E-state index in [0.717, 1.165) is 48.5 Å². The number of rotatable bonds is 7. The summed E-state index contributed by atoms with van der Waals surface area (Å²) in [6, 6.07) is 8.43. The molecule has 0 amide bonds. The molecule has 1 aliphatic heterocycles. The van der Waals surface area contributed by atoms with Crippen LogP contribution in [0.4, 0.5) is 0 Å². The SMILES string of the molecule is C=Cc1ccc(/C(C)=N/C(=C(C)/C=C\C)C2CCCN(C(=C)/C=C/C)C2)cc1. The molecular weight excluding hydrogens is 340 g/mol. The second-order valence-corrected chi connectivity index (χ2v) is 7.37. The Balaban J connectivity index is 2.35. The molecule has 2 nitrogen and oxygen atoms in total. The third-order valence-corrected chi connectivity index (χ3v) is 5.25. The summed E-state index contributed by atoms with van der Waals surface area (Å²) in [7, 11) is 0. The number of hydrogen-bond donors (Lipinski definition) is 0. The summed E-state index contributed by atoms with van der Waals surface area (Å²) < 4.78 is 0. The number of likely N-dealkylation sites (tertiary alicyclic amines) is 1. The van der Waals surface area contributed by atoms with Crippen molar-refractivity contribution >= 4 is 11.8 Å². The van der Waals surface area contributed by atoms with Crippen LogP contribution in [-0.2, 0) is 0 Å². The lowest BCUT2D eigenvalue weighted by atomic mass is 9.91. The summed E-state index contributed by atoms with van der Waals surface area (Å²) in [6.07, 6.45) is 12.6. The number of benzene rings is 1. The van der Waals surface area contributed by atoms with E-state index in [2.05, 4.69) is 87.4 Å². The van der Waals surface area contributed by atoms with Crippen LogP contribution in [-0.4, -0.2) is 23.7 Å². The predicted octanol–water partition coefficient (Wildman–Crippen LogP) is 6.79. The molecule has 0 spiro atoms. The van der Waals surface area contributed by atoms with Crippen LogP contribution >= 0.6 is 0 Å². The number of hydrogen-bond acceptors (Lipinski definition) is 2. The standard InChI is InChI=1S/C26H34N2/c1-7-11-20(4)26(25-13-10-18-28(19-25)21(5)12-8-2)27-22(6)24-16-14-23(9-3)15-17-24/h7-9,11-12,14-17,25H,3,5,10,13,18-19H2,1-2,4,6H3/b11-7-,12-8+,26-20+,27-22+. The van der Waals surface area contributed by atoms with Gasteiger partial charge in [-0.25, -0.2) is 0 Å². The second kappa shape index (κ2) is 10.7. The van der Waals surface area contributed by atoms with Crippen molar-refractivity contribution in [2.24, 2.45) is 10.9 Å². The molecule has 1 fully saturated rings. The zero-order valence-corrected chi connectivity index (χ0v) is 17.9. The fourth-order valence-corrected chi connectivity index (χ4v) is 3.70. The Labute approximate surface area is 171 Å². The van der Waals surface area contributed by atoms with Crippen molar-refractivity contribution in [2.75, 3.05) is 13.1 Å². The summed E-state index contributed by atoms with van der Waals surface area (Å²) in [5, 5.41) is 0. The molecule has 28 heavy (non-hydrogen) atoms. The molecule has 0 radical (unpaired) electrons. The monoisotopic (exact) mass is 374 g/mol. The molecule has 0 aromatic heterocycles. The minimum absolute atomic E-state index is 0.411. The Morgan fingerprint density at radius 3 is 2.39 bits per heavy atom. The average molecular weight is 375 g/mol. The normalized spacial score (nSPS) is 19.2. The van der Waals surface area contributed by atoms with Gasteiger partial charge in [-0.05, 0) is 63.3 Å². The average Bonchev–Trinajstić information content (AvgIpc) is 2.72. The minimum Gasteiger partial charge on any atom is -0.371 e. The van der Waals surface area contributed by atoms with Gasteiger partial charge in [-0.15, -0.1) is 0 Å². The summed E-state index contributed by atoms with van der Waals surface area (Å²) >= 11 is 0. The Kier molecular flexibility index (Phi) is 8.25. The lowest BCUT2D eigenvalue weighted by molar-refractivity contribution is 0.243. The van der Waals surface area contributed by atoms with E-state index < -0.39 is 0 Å². The lowest BCUT2D eigenvalue weighted by Crippen LogP contribution is -2.35. The second-order valence-electron chi connectivity index (χ2n) is 7.37. The minimum atomic E-state index is 0.411. The summed E-state index contributed by atoms with van der Waals surface area (Å²) in [6.45, 7) is 18.5. The van der Waals surface area contributed by atoms with E-state index in [4.69, 9.17) is 4.99 Å². The van der Waals surface area contributed by atoms with E-state index in [1.807, 2.05) is 13.0 Å². The summed E-state index contributed by atoms with van der Waals surface area (Å²) in [5.41, 5.74) is 6.87. The van der Waals surface area contributed by atoms with E-state index in [-0.39, 0.29) is 0 Å². The molecule has 2 rings (SSSR count). The first-order chi connectivity index (χ1) is 13.5. The number of allylic oxidation sites excluding steroid dienone is 5. The van der Waals surface area contributed by atoms with Gasteiger partial charge >= 0.3 is 0 Å². The zero-order chi connectivity index (χ0) is 20.5. The quantitative estimate of drug-likeness (QED) is 0.379. The van der Waals surface area contributed by atoms with Crippen LogP contribution in [0.2, 0.25) is 0 Å². The Morgan fingerprint density at radius 1 is 1.11 bits per heavy atom. The van der Waals surface area contributed by atoms with Gasteiger partial charge < -0.3 is 4.90 Å². The van der Waals surface area contributed by atoms with Gasteiger partial charge in [-0.3, -0.25) is 4.99 Å². The van der Waals surface area contributed by atoms with Crippen LogP contribution < -0.4 is 0 Å². The van der Waals surface area contributed by atoms with Crippen LogP contribution in [0, 0.1) is 5.92 Å². The molecule has 148 valence electrons. The van der Waals surface area contributed by atoms with Crippen LogP contribution in [0.1, 0.15) is 51.7 Å². The maximum Gasteiger partial charge on any atom is 0.0484 e. The predicted molar refractivity (Wildman–Crippen MR) is 125 cm³/mol. The Morgan fingerprint density at radius 2 is 1.79 bits per heavy atom. The molecule has 0 N–H and O–H groups in total. The third kappa shape index (κ3) is 5.69. The highest BCUT2D eigenvalue weighted by Gasteiger charge is 2.24. The van der Waals surface area contributed by atoms with Crippen molar-refractivity contribution in [3.8, 4) is 0 Å². The fraction of sp³-hybridized carbons (Fsp3) is 0.346. The number of piperidine rings is 1. The van der Waals surface area contributed by atoms with Crippen molar-refractivity contribution in [1.29, 1.82) is 0 Å². The molecule has 0 bridgehead atoms. The van der Waals surface area contributed by atoms with Crippen molar-refractivity contribution < 1.29 is 0 Å². The number of nitrogens with zero attached hydrogens (tertiary/aromatic N) is 2. The molecule has 1 atom stereocenters. The van der Waals surface area contributed by atoms with Gasteiger partial charge in [0.2, 0.25) is 0 Å². The molecule has 1 aromatic rings. The molecule has 0 saturated carbocycles. The maximum absolute atomic E-state index is 5.13. The maximum atomic E-state index is 5.13. The van der Waals surface area contributed by atoms with Gasteiger partial charge in [-0.2, -0.15) is 0 Å². The van der Waals surface area contributed by atoms with E-state index in [9.17, 15) is 0 Å². The third-order valence-electron chi connectivity index (χ3n) is 5.25. The summed E-state index contributed by atoms with van der Waals surface area (Å²) in [5.74, 6) is 0.411. The molecule has 1 aromatic carbocycles. The van der Waals surface area contributed by atoms with Crippen molar-refractivity contribution in [2.45, 2.75) is 40.5 Å². The van der Waals surface area contributed by atoms with Crippen molar-refractivity contribution in [3.63, 3.8) is 0 Å².